The molecule has 0 N–H and O–H groups in total. The molecule has 0 amide bonds. The molecule has 64 heavy (non-hydrogen) atoms. The van der Waals surface area contributed by atoms with Crippen molar-refractivity contribution in [3.8, 4) is 0 Å². The molecule has 0 aromatic carbocycles. The van der Waals surface area contributed by atoms with Crippen molar-refractivity contribution in [3.05, 3.63) is 60.8 Å². The van der Waals surface area contributed by atoms with Gasteiger partial charge < -0.3 is 14.2 Å². The number of carbonyl (C=O) groups excluding carboxylic acids is 3. The molecule has 0 rings (SSSR count). The molecule has 370 valence electrons. The minimum absolute atomic E-state index is 0.0843. The van der Waals surface area contributed by atoms with Crippen LogP contribution in [0, 0.1) is 0 Å². The normalized spacial score (nSPS) is 12.5. The van der Waals surface area contributed by atoms with Crippen LogP contribution in [0.15, 0.2) is 60.8 Å². The van der Waals surface area contributed by atoms with Gasteiger partial charge in [0.2, 0.25) is 0 Å². The van der Waals surface area contributed by atoms with Crippen LogP contribution in [-0.4, -0.2) is 37.2 Å². The summed E-state index contributed by atoms with van der Waals surface area (Å²) >= 11 is 0. The van der Waals surface area contributed by atoms with E-state index in [2.05, 4.69) is 81.5 Å². The van der Waals surface area contributed by atoms with Crippen LogP contribution in [0.1, 0.15) is 271 Å². The van der Waals surface area contributed by atoms with Crippen LogP contribution >= 0.6 is 0 Å². The van der Waals surface area contributed by atoms with Crippen molar-refractivity contribution in [2.24, 2.45) is 0 Å². The zero-order valence-electron chi connectivity index (χ0n) is 42.3. The van der Waals surface area contributed by atoms with Crippen LogP contribution in [0.3, 0.4) is 0 Å². The zero-order valence-corrected chi connectivity index (χ0v) is 42.3. The summed E-state index contributed by atoms with van der Waals surface area (Å²) in [5.74, 6) is -0.905. The van der Waals surface area contributed by atoms with E-state index in [9.17, 15) is 14.4 Å². The van der Waals surface area contributed by atoms with Gasteiger partial charge in [0.25, 0.3) is 0 Å². The Morgan fingerprint density at radius 2 is 0.562 bits per heavy atom. The zero-order chi connectivity index (χ0) is 46.5. The lowest BCUT2D eigenvalue weighted by molar-refractivity contribution is -0.167. The van der Waals surface area contributed by atoms with Crippen molar-refractivity contribution in [1.82, 2.24) is 0 Å². The maximum atomic E-state index is 12.8. The molecule has 0 fully saturated rings. The second-order valence-electron chi connectivity index (χ2n) is 18.1. The minimum Gasteiger partial charge on any atom is -0.462 e. The third-order valence-corrected chi connectivity index (χ3v) is 11.7. The van der Waals surface area contributed by atoms with Gasteiger partial charge in [0.15, 0.2) is 6.10 Å². The van der Waals surface area contributed by atoms with Crippen LogP contribution < -0.4 is 0 Å². The molecule has 0 bridgehead atoms. The molecule has 0 heterocycles. The predicted octanol–water partition coefficient (Wildman–Crippen LogP) is 18.0. The molecule has 0 saturated heterocycles. The number of hydrogen-bond donors (Lipinski definition) is 0. The molecule has 1 atom stereocenters. The Morgan fingerprint density at radius 1 is 0.312 bits per heavy atom. The van der Waals surface area contributed by atoms with Crippen LogP contribution in [0.5, 0.6) is 0 Å². The summed E-state index contributed by atoms with van der Waals surface area (Å²) in [6.07, 6.45) is 64.8. The molecule has 0 saturated carbocycles. The van der Waals surface area contributed by atoms with Crippen molar-refractivity contribution in [1.29, 1.82) is 0 Å². The Hall–Kier alpha value is -2.89. The molecule has 0 spiro atoms. The largest absolute Gasteiger partial charge is 0.462 e. The van der Waals surface area contributed by atoms with Gasteiger partial charge in [0, 0.05) is 19.3 Å². The molecule has 0 unspecified atom stereocenters. The quantitative estimate of drug-likeness (QED) is 0.0262. The molecule has 0 aliphatic heterocycles. The number of hydrogen-bond acceptors (Lipinski definition) is 6. The van der Waals surface area contributed by atoms with E-state index in [1.54, 1.807) is 0 Å². The van der Waals surface area contributed by atoms with Gasteiger partial charge >= 0.3 is 17.9 Å². The summed E-state index contributed by atoms with van der Waals surface area (Å²) < 4.78 is 16.8. The van der Waals surface area contributed by atoms with E-state index in [4.69, 9.17) is 14.2 Å². The van der Waals surface area contributed by atoms with Gasteiger partial charge in [0.05, 0.1) is 0 Å². The summed E-state index contributed by atoms with van der Waals surface area (Å²) in [4.78, 5) is 38.0. The van der Waals surface area contributed by atoms with Gasteiger partial charge in [-0.3, -0.25) is 14.4 Å². The maximum Gasteiger partial charge on any atom is 0.306 e. The first-order valence-electron chi connectivity index (χ1n) is 27.3. The Bertz CT molecular complexity index is 1170. The first kappa shape index (κ1) is 61.1. The van der Waals surface area contributed by atoms with Crippen LogP contribution in [0.25, 0.3) is 0 Å². The molecule has 0 aromatic rings. The van der Waals surface area contributed by atoms with Crippen molar-refractivity contribution < 1.29 is 28.6 Å². The fraction of sp³-hybridized carbons (Fsp3) is 0.776. The van der Waals surface area contributed by atoms with E-state index >= 15 is 0 Å². The number of unbranched alkanes of at least 4 members (excludes halogenated alkanes) is 28. The van der Waals surface area contributed by atoms with E-state index in [0.717, 1.165) is 96.3 Å². The Labute approximate surface area is 396 Å². The monoisotopic (exact) mass is 895 g/mol. The van der Waals surface area contributed by atoms with Crippen LogP contribution in [0.4, 0.5) is 0 Å². The summed E-state index contributed by atoms with van der Waals surface area (Å²) in [5.41, 5.74) is 0. The van der Waals surface area contributed by atoms with Gasteiger partial charge in [-0.1, -0.05) is 204 Å². The highest BCUT2D eigenvalue weighted by Gasteiger charge is 2.19. The highest BCUT2D eigenvalue weighted by Crippen LogP contribution is 2.15. The van der Waals surface area contributed by atoms with E-state index < -0.39 is 6.10 Å². The number of esters is 3. The number of ether oxygens (including phenoxy) is 3. The second kappa shape index (κ2) is 52.7. The topological polar surface area (TPSA) is 78.9 Å². The van der Waals surface area contributed by atoms with Gasteiger partial charge in [-0.15, -0.1) is 0 Å². The van der Waals surface area contributed by atoms with E-state index in [-0.39, 0.29) is 31.1 Å². The van der Waals surface area contributed by atoms with E-state index in [1.807, 2.05) is 0 Å². The first-order valence-corrected chi connectivity index (χ1v) is 27.3. The van der Waals surface area contributed by atoms with Crippen molar-refractivity contribution in [2.75, 3.05) is 13.2 Å². The van der Waals surface area contributed by atoms with E-state index in [1.165, 1.54) is 135 Å². The molecule has 0 radical (unpaired) electrons. The Morgan fingerprint density at radius 3 is 0.875 bits per heavy atom. The molecule has 0 aromatic heterocycles. The number of allylic oxidation sites excluding steroid dienone is 10. The summed E-state index contributed by atoms with van der Waals surface area (Å²) in [6.45, 7) is 6.55. The summed E-state index contributed by atoms with van der Waals surface area (Å²) in [6, 6.07) is 0. The molecule has 6 nitrogen and oxygen atoms in total. The second-order valence-corrected chi connectivity index (χ2v) is 18.1. The van der Waals surface area contributed by atoms with Gasteiger partial charge in [-0.2, -0.15) is 0 Å². The van der Waals surface area contributed by atoms with Crippen LogP contribution in [0.2, 0.25) is 0 Å². The summed E-state index contributed by atoms with van der Waals surface area (Å²) in [7, 11) is 0. The van der Waals surface area contributed by atoms with Gasteiger partial charge in [0.1, 0.15) is 13.2 Å². The fourth-order valence-electron chi connectivity index (χ4n) is 7.56. The third kappa shape index (κ3) is 50.1. The van der Waals surface area contributed by atoms with E-state index in [0.29, 0.717) is 19.3 Å². The molecular formula is C58H102O6. The average Bonchev–Trinajstić information content (AvgIpc) is 3.29. The lowest BCUT2D eigenvalue weighted by Gasteiger charge is -2.18. The highest BCUT2D eigenvalue weighted by molar-refractivity contribution is 5.71. The maximum absolute atomic E-state index is 12.8. The van der Waals surface area contributed by atoms with Crippen molar-refractivity contribution >= 4 is 17.9 Å². The lowest BCUT2D eigenvalue weighted by atomic mass is 10.1. The number of carbonyl (C=O) groups is 3. The standard InChI is InChI=1S/C58H102O6/c1-4-7-10-13-16-19-22-25-27-28-29-30-32-33-36-39-42-45-48-51-57(60)63-54-55(53-62-56(59)50-47-44-41-38-35-24-21-18-15-12-9-6-3)64-58(61)52-49-46-43-40-37-34-31-26-23-20-17-14-11-8-5-2/h16-21,25-27,31,55H,4-15,22-24,28-30,32-54H2,1-3H3/b19-16-,20-17-,21-18-,27-25-,31-26-/t55-/m1/s1. The summed E-state index contributed by atoms with van der Waals surface area (Å²) in [5, 5.41) is 0. The first-order chi connectivity index (χ1) is 31.5. The predicted molar refractivity (Wildman–Crippen MR) is 275 cm³/mol. The minimum atomic E-state index is -0.785. The van der Waals surface area contributed by atoms with Crippen LogP contribution in [-0.2, 0) is 28.6 Å². The van der Waals surface area contributed by atoms with Crippen molar-refractivity contribution in [3.63, 3.8) is 0 Å². The van der Waals surface area contributed by atoms with Gasteiger partial charge in [-0.25, -0.2) is 0 Å². The third-order valence-electron chi connectivity index (χ3n) is 11.7. The highest BCUT2D eigenvalue weighted by atomic mass is 16.6. The lowest BCUT2D eigenvalue weighted by Crippen LogP contribution is -2.30. The smallest absolute Gasteiger partial charge is 0.306 e. The molecule has 0 aliphatic rings. The fourth-order valence-corrected chi connectivity index (χ4v) is 7.56. The number of rotatable bonds is 49. The molecule has 6 heteroatoms. The Kier molecular flexibility index (Phi) is 50.4. The molecular weight excluding hydrogens is 793 g/mol. The average molecular weight is 895 g/mol. The Balaban J connectivity index is 4.37. The van der Waals surface area contributed by atoms with Gasteiger partial charge in [-0.05, 0) is 109 Å². The molecule has 0 aliphatic carbocycles. The van der Waals surface area contributed by atoms with Crippen molar-refractivity contribution in [2.45, 2.75) is 277 Å². The SMILES string of the molecule is CCCCC/C=C\C/C=C\CCCCCCCCCCCC(=O)OC[C@@H](COC(=O)CCCCCCC/C=C\CCCCC)OC(=O)CCCCCCC/C=C\C/C=C\CCCCC.